The van der Waals surface area contributed by atoms with Crippen LogP contribution in [-0.2, 0) is 25.5 Å². The summed E-state index contributed by atoms with van der Waals surface area (Å²) >= 11 is 0. The minimum Gasteiger partial charge on any atom is -0.469 e. The molecular weight excluding hydrogens is 527 g/mol. The SMILES string of the molecule is COC(=O)C1CCC(OC(F)(C(=O)Cc2ccc3nc(Nc4cccc(F)c4C)oc3c2F)N2CCCC2)CC1. The average molecular weight is 560 g/mol. The molecule has 2 fully saturated rings. The lowest BCUT2D eigenvalue weighted by Gasteiger charge is -2.37. The molecule has 1 aliphatic carbocycles. The monoisotopic (exact) mass is 559 g/mol. The molecule has 1 atom stereocenters. The molecule has 40 heavy (non-hydrogen) atoms. The van der Waals surface area contributed by atoms with Gasteiger partial charge in [0, 0.05) is 30.8 Å². The molecule has 1 unspecified atom stereocenters. The standard InChI is InChI=1S/C29H32F3N3O5/c1-17-21(30)6-5-7-22(17)33-28-34-23-13-10-19(25(31)26(23)39-28)16-24(36)29(32,35-14-3-4-15-35)40-20-11-8-18(9-12-20)27(37)38-2/h5-7,10,13,18,20H,3-4,8-9,11-12,14-16H2,1-2H3,(H,33,34). The van der Waals surface area contributed by atoms with E-state index in [1.54, 1.807) is 13.0 Å². The number of likely N-dealkylation sites (tertiary alicyclic amines) is 1. The van der Waals surface area contributed by atoms with E-state index in [1.807, 2.05) is 0 Å². The molecule has 0 radical (unpaired) electrons. The zero-order valence-electron chi connectivity index (χ0n) is 22.5. The Hall–Kier alpha value is -3.44. The van der Waals surface area contributed by atoms with E-state index in [4.69, 9.17) is 13.9 Å². The van der Waals surface area contributed by atoms with Crippen LogP contribution in [0, 0.1) is 24.5 Å². The van der Waals surface area contributed by atoms with E-state index in [0.717, 1.165) is 12.8 Å². The van der Waals surface area contributed by atoms with Gasteiger partial charge in [0.1, 0.15) is 11.3 Å². The zero-order chi connectivity index (χ0) is 28.4. The number of Topliss-reactive ketones (excluding diaryl/α,β-unsaturated/α-hetero) is 1. The number of hydrogen-bond acceptors (Lipinski definition) is 8. The summed E-state index contributed by atoms with van der Waals surface area (Å²) in [6.07, 6.45) is 2.09. The van der Waals surface area contributed by atoms with E-state index < -0.39 is 35.9 Å². The van der Waals surface area contributed by atoms with Crippen molar-refractivity contribution in [1.82, 2.24) is 9.88 Å². The summed E-state index contributed by atoms with van der Waals surface area (Å²) in [7, 11) is 1.33. The Morgan fingerprint density at radius 1 is 1.12 bits per heavy atom. The summed E-state index contributed by atoms with van der Waals surface area (Å²) in [5, 5.41) is 2.84. The van der Waals surface area contributed by atoms with Crippen molar-refractivity contribution in [3.63, 3.8) is 0 Å². The number of ether oxygens (including phenoxy) is 2. The van der Waals surface area contributed by atoms with Crippen LogP contribution in [0.4, 0.5) is 24.9 Å². The van der Waals surface area contributed by atoms with E-state index in [2.05, 4.69) is 10.3 Å². The molecule has 1 N–H and O–H groups in total. The molecule has 8 nitrogen and oxygen atoms in total. The van der Waals surface area contributed by atoms with Gasteiger partial charge in [0.25, 0.3) is 6.01 Å². The number of halogens is 3. The molecule has 1 aromatic heterocycles. The number of nitrogens with one attached hydrogen (secondary N) is 1. The summed E-state index contributed by atoms with van der Waals surface area (Å²) in [5.74, 6) is -5.44. The van der Waals surface area contributed by atoms with Crippen LogP contribution in [0.1, 0.15) is 49.7 Å². The van der Waals surface area contributed by atoms with Crippen molar-refractivity contribution in [2.75, 3.05) is 25.5 Å². The number of nitrogens with zero attached hydrogens (tertiary/aromatic N) is 2. The van der Waals surface area contributed by atoms with Gasteiger partial charge in [0.15, 0.2) is 11.4 Å². The van der Waals surface area contributed by atoms with Crippen LogP contribution in [0.5, 0.6) is 0 Å². The first-order valence-electron chi connectivity index (χ1n) is 13.5. The largest absolute Gasteiger partial charge is 0.469 e. The average Bonchev–Trinajstić information content (AvgIpc) is 3.64. The third-order valence-electron chi connectivity index (χ3n) is 7.83. The van der Waals surface area contributed by atoms with Crippen molar-refractivity contribution < 1.29 is 36.7 Å². The number of carbonyl (C=O) groups is 2. The first-order chi connectivity index (χ1) is 19.2. The minimum atomic E-state index is -2.72. The molecule has 1 aliphatic heterocycles. The highest BCUT2D eigenvalue weighted by Gasteiger charge is 2.49. The Kier molecular flexibility index (Phi) is 8.14. The lowest BCUT2D eigenvalue weighted by atomic mass is 9.87. The summed E-state index contributed by atoms with van der Waals surface area (Å²) in [6, 6.07) is 7.29. The van der Waals surface area contributed by atoms with E-state index in [-0.39, 0.29) is 34.6 Å². The number of ketones is 1. The number of methoxy groups -OCH3 is 1. The third-order valence-corrected chi connectivity index (χ3v) is 7.83. The molecule has 2 aromatic carbocycles. The molecule has 0 bridgehead atoms. The summed E-state index contributed by atoms with van der Waals surface area (Å²) in [6.45, 7) is 2.27. The number of aromatic nitrogens is 1. The second-order valence-electron chi connectivity index (χ2n) is 10.4. The fraction of sp³-hybridized carbons (Fsp3) is 0.483. The maximum absolute atomic E-state index is 16.5. The molecule has 1 saturated carbocycles. The molecule has 0 amide bonds. The zero-order valence-corrected chi connectivity index (χ0v) is 22.5. The van der Waals surface area contributed by atoms with Gasteiger partial charge in [-0.25, -0.2) is 13.7 Å². The molecule has 2 aliphatic rings. The fourth-order valence-electron chi connectivity index (χ4n) is 5.46. The van der Waals surface area contributed by atoms with Crippen LogP contribution in [0.25, 0.3) is 11.1 Å². The Labute approximate surface area is 229 Å². The Bertz CT molecular complexity index is 1400. The number of fused-ring (bicyclic) bond motifs is 1. The summed E-state index contributed by atoms with van der Waals surface area (Å²) < 4.78 is 62.1. The smallest absolute Gasteiger partial charge is 0.330 e. The number of oxazole rings is 1. The number of benzene rings is 2. The molecule has 214 valence electrons. The Morgan fingerprint density at radius 3 is 2.55 bits per heavy atom. The maximum Gasteiger partial charge on any atom is 0.330 e. The third kappa shape index (κ3) is 5.57. The molecule has 3 aromatic rings. The second kappa shape index (κ2) is 11.6. The summed E-state index contributed by atoms with van der Waals surface area (Å²) in [4.78, 5) is 30.9. The molecule has 0 spiro atoms. The number of hydrogen-bond donors (Lipinski definition) is 1. The highest BCUT2D eigenvalue weighted by molar-refractivity contribution is 5.88. The topological polar surface area (TPSA) is 93.9 Å². The normalized spacial score (nSPS) is 21.3. The van der Waals surface area contributed by atoms with Gasteiger partial charge in [0.05, 0.1) is 19.1 Å². The van der Waals surface area contributed by atoms with Crippen LogP contribution < -0.4 is 5.32 Å². The van der Waals surface area contributed by atoms with Crippen molar-refractivity contribution in [3.05, 3.63) is 53.1 Å². The lowest BCUT2D eigenvalue weighted by molar-refractivity contribution is -0.252. The molecular formula is C29H32F3N3O5. The number of alkyl halides is 1. The number of carbonyl (C=O) groups excluding carboxylic acids is 2. The van der Waals surface area contributed by atoms with Crippen LogP contribution >= 0.6 is 0 Å². The number of rotatable bonds is 9. The Morgan fingerprint density at radius 2 is 1.85 bits per heavy atom. The lowest BCUT2D eigenvalue weighted by Crippen LogP contribution is -2.54. The number of esters is 1. The predicted molar refractivity (Wildman–Crippen MR) is 141 cm³/mol. The van der Waals surface area contributed by atoms with Crippen molar-refractivity contribution in [3.8, 4) is 0 Å². The van der Waals surface area contributed by atoms with Crippen LogP contribution in [0.15, 0.2) is 34.7 Å². The Balaban J connectivity index is 1.34. The van der Waals surface area contributed by atoms with Gasteiger partial charge in [-0.05, 0) is 69.2 Å². The maximum atomic E-state index is 16.5. The second-order valence-corrected chi connectivity index (χ2v) is 10.4. The van der Waals surface area contributed by atoms with Gasteiger partial charge in [-0.1, -0.05) is 12.1 Å². The van der Waals surface area contributed by atoms with E-state index in [1.165, 1.54) is 36.3 Å². The molecule has 2 heterocycles. The van der Waals surface area contributed by atoms with Gasteiger partial charge < -0.3 is 19.2 Å². The van der Waals surface area contributed by atoms with Gasteiger partial charge in [0.2, 0.25) is 5.78 Å². The molecule has 5 rings (SSSR count). The van der Waals surface area contributed by atoms with Gasteiger partial charge in [-0.15, -0.1) is 0 Å². The highest BCUT2D eigenvalue weighted by Crippen LogP contribution is 2.35. The van der Waals surface area contributed by atoms with Crippen molar-refractivity contribution in [2.24, 2.45) is 5.92 Å². The van der Waals surface area contributed by atoms with E-state index in [9.17, 15) is 14.0 Å². The number of anilines is 2. The quantitative estimate of drug-likeness (QED) is 0.262. The van der Waals surface area contributed by atoms with Crippen LogP contribution in [0.2, 0.25) is 0 Å². The highest BCUT2D eigenvalue weighted by atomic mass is 19.2. The molecule has 11 heteroatoms. The van der Waals surface area contributed by atoms with Gasteiger partial charge in [-0.3, -0.25) is 9.59 Å². The first-order valence-corrected chi connectivity index (χ1v) is 13.5. The summed E-state index contributed by atoms with van der Waals surface area (Å²) in [5.41, 5.74) is 0.690. The fourth-order valence-corrected chi connectivity index (χ4v) is 5.46. The van der Waals surface area contributed by atoms with Crippen LogP contribution in [0.3, 0.4) is 0 Å². The minimum absolute atomic E-state index is 0.0473. The van der Waals surface area contributed by atoms with E-state index >= 15 is 8.78 Å². The molecule has 1 saturated heterocycles. The first kappa shape index (κ1) is 28.1. The van der Waals surface area contributed by atoms with Crippen molar-refractivity contribution in [2.45, 2.75) is 64.0 Å². The predicted octanol–water partition coefficient (Wildman–Crippen LogP) is 5.74. The van der Waals surface area contributed by atoms with Crippen molar-refractivity contribution in [1.29, 1.82) is 0 Å². The van der Waals surface area contributed by atoms with E-state index in [0.29, 0.717) is 50.0 Å². The van der Waals surface area contributed by atoms with Crippen LogP contribution in [-0.4, -0.2) is 53.9 Å². The van der Waals surface area contributed by atoms with Crippen molar-refractivity contribution >= 4 is 34.6 Å². The van der Waals surface area contributed by atoms with Gasteiger partial charge >= 0.3 is 11.9 Å². The van der Waals surface area contributed by atoms with Gasteiger partial charge in [-0.2, -0.15) is 9.37 Å².